The lowest BCUT2D eigenvalue weighted by Crippen LogP contribution is -2.14. The summed E-state index contributed by atoms with van der Waals surface area (Å²) in [6, 6.07) is 11.7. The van der Waals surface area contributed by atoms with Crippen molar-refractivity contribution in [2.75, 3.05) is 0 Å². The Morgan fingerprint density at radius 1 is 1.30 bits per heavy atom. The molecule has 2 aromatic carbocycles. The Morgan fingerprint density at radius 2 is 2.00 bits per heavy atom. The SMILES string of the molecule is NC(Cc1ccccc1[N+](=O)[O-])c1ccc(Br)c(Cl)c1. The van der Waals surface area contributed by atoms with Gasteiger partial charge in [0.1, 0.15) is 0 Å². The molecular formula is C14H12BrClN2O2. The lowest BCUT2D eigenvalue weighted by Gasteiger charge is -2.13. The van der Waals surface area contributed by atoms with Gasteiger partial charge in [0.25, 0.3) is 5.69 Å². The zero-order valence-corrected chi connectivity index (χ0v) is 12.8. The molecule has 4 nitrogen and oxygen atoms in total. The average Bonchev–Trinajstić information content (AvgIpc) is 2.42. The quantitative estimate of drug-likeness (QED) is 0.658. The number of halogens is 2. The van der Waals surface area contributed by atoms with Crippen LogP contribution in [0.1, 0.15) is 17.2 Å². The Morgan fingerprint density at radius 3 is 2.65 bits per heavy atom. The topological polar surface area (TPSA) is 69.2 Å². The van der Waals surface area contributed by atoms with E-state index in [1.54, 1.807) is 24.3 Å². The predicted molar refractivity (Wildman–Crippen MR) is 82.9 cm³/mol. The van der Waals surface area contributed by atoms with Gasteiger partial charge in [-0.15, -0.1) is 0 Å². The molecule has 0 radical (unpaired) electrons. The molecule has 1 atom stereocenters. The van der Waals surface area contributed by atoms with Crippen LogP contribution in [0.15, 0.2) is 46.9 Å². The van der Waals surface area contributed by atoms with Crippen LogP contribution >= 0.6 is 27.5 Å². The fourth-order valence-electron chi connectivity index (χ4n) is 1.96. The maximum atomic E-state index is 11.0. The van der Waals surface area contributed by atoms with E-state index in [2.05, 4.69) is 15.9 Å². The van der Waals surface area contributed by atoms with E-state index >= 15 is 0 Å². The first kappa shape index (κ1) is 15.0. The van der Waals surface area contributed by atoms with Crippen molar-refractivity contribution in [1.82, 2.24) is 0 Å². The van der Waals surface area contributed by atoms with Crippen LogP contribution in [0.25, 0.3) is 0 Å². The smallest absolute Gasteiger partial charge is 0.272 e. The summed E-state index contributed by atoms with van der Waals surface area (Å²) in [6.45, 7) is 0. The zero-order valence-electron chi connectivity index (χ0n) is 10.4. The monoisotopic (exact) mass is 354 g/mol. The fourth-order valence-corrected chi connectivity index (χ4v) is 2.39. The number of nitrogens with two attached hydrogens (primary N) is 1. The van der Waals surface area contributed by atoms with E-state index in [9.17, 15) is 10.1 Å². The highest BCUT2D eigenvalue weighted by Gasteiger charge is 2.16. The normalized spacial score (nSPS) is 12.2. The molecule has 2 N–H and O–H groups in total. The van der Waals surface area contributed by atoms with Crippen LogP contribution in [0.3, 0.4) is 0 Å². The van der Waals surface area contributed by atoms with E-state index in [-0.39, 0.29) is 11.7 Å². The lowest BCUT2D eigenvalue weighted by atomic mass is 9.99. The maximum Gasteiger partial charge on any atom is 0.272 e. The standard InChI is InChI=1S/C14H12BrClN2O2/c15-11-6-5-9(7-12(11)16)13(17)8-10-3-1-2-4-14(10)18(19)20/h1-7,13H,8,17H2. The highest BCUT2D eigenvalue weighted by atomic mass is 79.9. The Labute approximate surface area is 129 Å². The van der Waals surface area contributed by atoms with E-state index in [4.69, 9.17) is 17.3 Å². The van der Waals surface area contributed by atoms with Crippen LogP contribution in [0.4, 0.5) is 5.69 Å². The third kappa shape index (κ3) is 3.36. The van der Waals surface area contributed by atoms with E-state index in [0.29, 0.717) is 17.0 Å². The van der Waals surface area contributed by atoms with Gasteiger partial charge in [0.15, 0.2) is 0 Å². The highest BCUT2D eigenvalue weighted by molar-refractivity contribution is 9.10. The van der Waals surface area contributed by atoms with E-state index in [0.717, 1.165) is 10.0 Å². The molecule has 0 saturated heterocycles. The molecule has 20 heavy (non-hydrogen) atoms. The van der Waals surface area contributed by atoms with Gasteiger partial charge in [0.05, 0.1) is 9.95 Å². The molecule has 0 bridgehead atoms. The summed E-state index contributed by atoms with van der Waals surface area (Å²) in [7, 11) is 0. The minimum absolute atomic E-state index is 0.0890. The van der Waals surface area contributed by atoms with Gasteiger partial charge in [-0.1, -0.05) is 35.9 Å². The third-order valence-electron chi connectivity index (χ3n) is 3.00. The minimum Gasteiger partial charge on any atom is -0.324 e. The predicted octanol–water partition coefficient (Wildman–Crippen LogP) is 4.25. The summed E-state index contributed by atoms with van der Waals surface area (Å²) in [5, 5.41) is 11.5. The Kier molecular flexibility index (Phi) is 4.75. The fraction of sp³-hybridized carbons (Fsp3) is 0.143. The van der Waals surface area contributed by atoms with Crippen molar-refractivity contribution >= 4 is 33.2 Å². The molecule has 2 aromatic rings. The van der Waals surface area contributed by atoms with Gasteiger partial charge < -0.3 is 5.73 Å². The van der Waals surface area contributed by atoms with Gasteiger partial charge in [0, 0.05) is 22.1 Å². The summed E-state index contributed by atoms with van der Waals surface area (Å²) in [5.74, 6) is 0. The second-order valence-corrected chi connectivity index (χ2v) is 5.63. The van der Waals surface area contributed by atoms with Crippen LogP contribution < -0.4 is 5.73 Å². The molecule has 0 saturated carbocycles. The van der Waals surface area contributed by atoms with Gasteiger partial charge in [-0.05, 0) is 40.0 Å². The molecule has 0 aliphatic rings. The molecule has 0 heterocycles. The average molecular weight is 356 g/mol. The molecule has 0 fully saturated rings. The van der Waals surface area contributed by atoms with Crippen molar-refractivity contribution in [3.63, 3.8) is 0 Å². The number of nitro groups is 1. The van der Waals surface area contributed by atoms with Crippen LogP contribution in [0, 0.1) is 10.1 Å². The molecule has 0 spiro atoms. The van der Waals surface area contributed by atoms with Crippen molar-refractivity contribution in [3.8, 4) is 0 Å². The molecular weight excluding hydrogens is 344 g/mol. The van der Waals surface area contributed by atoms with Gasteiger partial charge >= 0.3 is 0 Å². The van der Waals surface area contributed by atoms with Crippen LogP contribution in [-0.4, -0.2) is 4.92 Å². The number of hydrogen-bond acceptors (Lipinski definition) is 3. The number of nitro benzene ring substituents is 1. The van der Waals surface area contributed by atoms with Gasteiger partial charge in [-0.25, -0.2) is 0 Å². The van der Waals surface area contributed by atoms with Crippen molar-refractivity contribution < 1.29 is 4.92 Å². The third-order valence-corrected chi connectivity index (χ3v) is 4.23. The Balaban J connectivity index is 2.25. The number of nitrogens with zero attached hydrogens (tertiary/aromatic N) is 1. The molecule has 0 aliphatic heterocycles. The van der Waals surface area contributed by atoms with Gasteiger partial charge in [-0.2, -0.15) is 0 Å². The number of rotatable bonds is 4. The summed E-state index contributed by atoms with van der Waals surface area (Å²) in [5.41, 5.74) is 7.67. The number of para-hydroxylation sites is 1. The van der Waals surface area contributed by atoms with Gasteiger partial charge in [0.2, 0.25) is 0 Å². The van der Waals surface area contributed by atoms with Crippen LogP contribution in [0.5, 0.6) is 0 Å². The second-order valence-electron chi connectivity index (χ2n) is 4.37. The van der Waals surface area contributed by atoms with Crippen molar-refractivity contribution in [1.29, 1.82) is 0 Å². The van der Waals surface area contributed by atoms with Gasteiger partial charge in [-0.3, -0.25) is 10.1 Å². The van der Waals surface area contributed by atoms with E-state index in [1.807, 2.05) is 12.1 Å². The minimum atomic E-state index is -0.392. The largest absolute Gasteiger partial charge is 0.324 e. The molecule has 0 amide bonds. The first-order valence-corrected chi connectivity index (χ1v) is 7.09. The molecule has 0 aliphatic carbocycles. The molecule has 0 aromatic heterocycles. The van der Waals surface area contributed by atoms with Crippen molar-refractivity contribution in [3.05, 3.63) is 73.2 Å². The summed E-state index contributed by atoms with van der Waals surface area (Å²) >= 11 is 9.35. The zero-order chi connectivity index (χ0) is 14.7. The first-order chi connectivity index (χ1) is 9.49. The van der Waals surface area contributed by atoms with Crippen molar-refractivity contribution in [2.45, 2.75) is 12.5 Å². The number of hydrogen-bond donors (Lipinski definition) is 1. The molecule has 2 rings (SSSR count). The summed E-state index contributed by atoms with van der Waals surface area (Å²) in [4.78, 5) is 10.6. The van der Waals surface area contributed by atoms with Crippen LogP contribution in [-0.2, 0) is 6.42 Å². The maximum absolute atomic E-state index is 11.0. The summed E-state index contributed by atoms with van der Waals surface area (Å²) in [6.07, 6.45) is 0.384. The number of benzene rings is 2. The lowest BCUT2D eigenvalue weighted by molar-refractivity contribution is -0.385. The highest BCUT2D eigenvalue weighted by Crippen LogP contribution is 2.28. The van der Waals surface area contributed by atoms with E-state index < -0.39 is 4.92 Å². The van der Waals surface area contributed by atoms with Crippen LogP contribution in [0.2, 0.25) is 5.02 Å². The second kappa shape index (κ2) is 6.35. The molecule has 6 heteroatoms. The Bertz CT molecular complexity index is 649. The first-order valence-electron chi connectivity index (χ1n) is 5.92. The Hall–Kier alpha value is -1.43. The molecule has 104 valence electrons. The van der Waals surface area contributed by atoms with E-state index in [1.165, 1.54) is 6.07 Å². The van der Waals surface area contributed by atoms with Crippen molar-refractivity contribution in [2.24, 2.45) is 5.73 Å². The molecule has 1 unspecified atom stereocenters. The summed E-state index contributed by atoms with van der Waals surface area (Å²) < 4.78 is 0.792.